The zero-order valence-electron chi connectivity index (χ0n) is 17.6. The van der Waals surface area contributed by atoms with Gasteiger partial charge in [0.2, 0.25) is 0 Å². The first kappa shape index (κ1) is 25.5. The van der Waals surface area contributed by atoms with E-state index in [1.807, 2.05) is 0 Å². The molecule has 0 aliphatic rings. The van der Waals surface area contributed by atoms with Gasteiger partial charge in [-0.15, -0.1) is 0 Å². The third-order valence-electron chi connectivity index (χ3n) is 3.97. The molecule has 0 saturated heterocycles. The molecule has 1 rings (SSSR count). The number of benzene rings is 1. The molecule has 0 radical (unpaired) electrons. The number of aliphatic hydroxyl groups excluding tert-OH is 1. The number of aliphatic imine (C=N–C) groups is 1. The van der Waals surface area contributed by atoms with Gasteiger partial charge in [-0.05, 0) is 52.8 Å². The van der Waals surface area contributed by atoms with E-state index < -0.39 is 32.0 Å². The van der Waals surface area contributed by atoms with Crippen LogP contribution >= 0.6 is 15.9 Å². The van der Waals surface area contributed by atoms with Crippen molar-refractivity contribution in [2.75, 3.05) is 20.2 Å². The smallest absolute Gasteiger partial charge is 0.413 e. The Bertz CT molecular complexity index is 888. The van der Waals surface area contributed by atoms with Gasteiger partial charge >= 0.3 is 6.09 Å². The van der Waals surface area contributed by atoms with Crippen LogP contribution < -0.4 is 5.32 Å². The molecular weight excluding hydrogens is 465 g/mol. The van der Waals surface area contributed by atoms with Gasteiger partial charge in [-0.25, -0.2) is 17.8 Å². The number of amides is 1. The second kappa shape index (κ2) is 9.99. The van der Waals surface area contributed by atoms with Crippen LogP contribution in [0.3, 0.4) is 0 Å². The minimum absolute atomic E-state index is 0.0915. The first-order chi connectivity index (χ1) is 13.3. The number of aliphatic hydroxyl groups is 1. The van der Waals surface area contributed by atoms with E-state index in [0.717, 1.165) is 0 Å². The van der Waals surface area contributed by atoms with E-state index >= 15 is 0 Å². The number of halogens is 2. The van der Waals surface area contributed by atoms with Crippen LogP contribution in [-0.4, -0.2) is 51.8 Å². The van der Waals surface area contributed by atoms with E-state index in [4.69, 9.17) is 4.74 Å². The van der Waals surface area contributed by atoms with Crippen LogP contribution in [0.25, 0.3) is 0 Å². The van der Waals surface area contributed by atoms with E-state index in [2.05, 4.69) is 30.6 Å². The molecule has 0 aliphatic carbocycles. The molecule has 29 heavy (non-hydrogen) atoms. The summed E-state index contributed by atoms with van der Waals surface area (Å²) in [7, 11) is -1.77. The van der Waals surface area contributed by atoms with Crippen molar-refractivity contribution in [3.05, 3.63) is 34.1 Å². The molecule has 1 amide bonds. The van der Waals surface area contributed by atoms with E-state index in [-0.39, 0.29) is 30.3 Å². The Kier molecular flexibility index (Phi) is 8.79. The molecule has 1 atom stereocenters. The summed E-state index contributed by atoms with van der Waals surface area (Å²) in [6.07, 6.45) is -0.747. The summed E-state index contributed by atoms with van der Waals surface area (Å²) in [5.74, 6) is -0.653. The van der Waals surface area contributed by atoms with E-state index in [9.17, 15) is 18.5 Å². The lowest BCUT2D eigenvalue weighted by Gasteiger charge is -2.31. The van der Waals surface area contributed by atoms with E-state index in [0.29, 0.717) is 4.47 Å². The van der Waals surface area contributed by atoms with Gasteiger partial charge in [0.1, 0.15) is 22.0 Å². The highest BCUT2D eigenvalue weighted by atomic mass is 79.9. The highest BCUT2D eigenvalue weighted by Crippen LogP contribution is 2.28. The Morgan fingerprint density at radius 1 is 1.31 bits per heavy atom. The van der Waals surface area contributed by atoms with Crippen molar-refractivity contribution in [3.63, 3.8) is 0 Å². The first-order valence-electron chi connectivity index (χ1n) is 8.98. The van der Waals surface area contributed by atoms with Gasteiger partial charge in [-0.2, -0.15) is 0 Å². The van der Waals surface area contributed by atoms with E-state index in [1.54, 1.807) is 40.7 Å². The number of carbonyl (C=O) groups excluding carboxylic acids is 1. The van der Waals surface area contributed by atoms with Gasteiger partial charge < -0.3 is 9.84 Å². The number of hydrogen-bond donors (Lipinski definition) is 2. The predicted molar refractivity (Wildman–Crippen MR) is 117 cm³/mol. The van der Waals surface area contributed by atoms with Crippen LogP contribution in [0, 0.1) is 5.82 Å². The Hall–Kier alpha value is -1.52. The molecule has 1 unspecified atom stereocenters. The molecule has 1 aromatic carbocycles. The Labute approximate surface area is 180 Å². The monoisotopic (exact) mass is 493 g/mol. The lowest BCUT2D eigenvalue weighted by atomic mass is 10.2. The number of hydrogen-bond acceptors (Lipinski definition) is 6. The number of alkyl carbamates (subject to hydrolysis) is 1. The van der Waals surface area contributed by atoms with Gasteiger partial charge in [0.05, 0.1) is 28.6 Å². The maximum Gasteiger partial charge on any atom is 0.413 e. The largest absolute Gasteiger partial charge is 0.444 e. The third kappa shape index (κ3) is 7.04. The fraction of sp³-hybridized carbons (Fsp3) is 0.579. The van der Waals surface area contributed by atoms with Crippen molar-refractivity contribution in [3.8, 4) is 0 Å². The van der Waals surface area contributed by atoms with Crippen molar-refractivity contribution < 1.29 is 23.2 Å². The standard InChI is InChI=1S/C19H29BrFN3O4S/c1-18(2,3)28-17(26)24-16(22-6)19(4,5)29(27,23-9-10-25)12-13-11-14(20)7-8-15(13)21/h7-8,11,25H,9-10,12H2,1-6H3,(H,22,24,26). The van der Waals surface area contributed by atoms with Gasteiger partial charge in [0.15, 0.2) is 0 Å². The molecule has 0 spiro atoms. The molecule has 0 aliphatic heterocycles. The highest BCUT2D eigenvalue weighted by molar-refractivity contribution is 9.10. The minimum Gasteiger partial charge on any atom is -0.444 e. The van der Waals surface area contributed by atoms with Crippen LogP contribution in [-0.2, 0) is 20.2 Å². The zero-order chi connectivity index (χ0) is 22.5. The number of nitrogens with one attached hydrogen (secondary N) is 1. The number of nitrogens with zero attached hydrogens (tertiary/aromatic N) is 2. The summed E-state index contributed by atoms with van der Waals surface area (Å²) in [5.41, 5.74) is -0.526. The van der Waals surface area contributed by atoms with Crippen molar-refractivity contribution in [1.29, 1.82) is 0 Å². The SMILES string of the molecule is CN=C(NC(=O)OC(C)(C)C)C(C)(C)S(=O)(Cc1cc(Br)ccc1F)=NCCO. The summed E-state index contributed by atoms with van der Waals surface area (Å²) in [6, 6.07) is 4.34. The van der Waals surface area contributed by atoms with Gasteiger partial charge in [-0.3, -0.25) is 10.3 Å². The normalized spacial score (nSPS) is 14.9. The summed E-state index contributed by atoms with van der Waals surface area (Å²) < 4.78 is 37.1. The summed E-state index contributed by atoms with van der Waals surface area (Å²) in [5, 5.41) is 11.7. The topological polar surface area (TPSA) is 100 Å². The predicted octanol–water partition coefficient (Wildman–Crippen LogP) is 3.88. The number of carbonyl (C=O) groups is 1. The maximum atomic E-state index is 14.3. The van der Waals surface area contributed by atoms with Crippen molar-refractivity contribution in [2.45, 2.75) is 50.7 Å². The first-order valence-corrected chi connectivity index (χ1v) is 11.5. The van der Waals surface area contributed by atoms with Crippen LogP contribution in [0.15, 0.2) is 32.0 Å². The number of ether oxygens (including phenoxy) is 1. The molecule has 0 fully saturated rings. The minimum atomic E-state index is -3.22. The van der Waals surface area contributed by atoms with Gasteiger partial charge in [-0.1, -0.05) is 15.9 Å². The third-order valence-corrected chi connectivity index (χ3v) is 7.55. The summed E-state index contributed by atoms with van der Waals surface area (Å²) in [6.45, 7) is 7.95. The molecule has 164 valence electrons. The van der Waals surface area contributed by atoms with Crippen LogP contribution in [0.4, 0.5) is 9.18 Å². The summed E-state index contributed by atoms with van der Waals surface area (Å²) in [4.78, 5) is 16.3. The molecule has 7 nitrogen and oxygen atoms in total. The lowest BCUT2D eigenvalue weighted by Crippen LogP contribution is -2.51. The fourth-order valence-corrected chi connectivity index (χ4v) is 5.11. The zero-order valence-corrected chi connectivity index (χ0v) is 20.0. The second-order valence-electron chi connectivity index (χ2n) is 7.81. The van der Waals surface area contributed by atoms with E-state index in [1.165, 1.54) is 19.2 Å². The summed E-state index contributed by atoms with van der Waals surface area (Å²) >= 11 is 3.28. The second-order valence-corrected chi connectivity index (χ2v) is 11.6. The number of amidine groups is 1. The number of rotatable bonds is 6. The molecular formula is C19H29BrFN3O4S. The van der Waals surface area contributed by atoms with Gasteiger partial charge in [0.25, 0.3) is 0 Å². The molecule has 0 bridgehead atoms. The average molecular weight is 494 g/mol. The van der Waals surface area contributed by atoms with Crippen LogP contribution in [0.2, 0.25) is 0 Å². The quantitative estimate of drug-likeness (QED) is 0.463. The molecule has 0 saturated carbocycles. The molecule has 0 aromatic heterocycles. The fourth-order valence-electron chi connectivity index (χ4n) is 2.47. The molecule has 10 heteroatoms. The van der Waals surface area contributed by atoms with Crippen molar-refractivity contribution in [2.24, 2.45) is 9.36 Å². The molecule has 0 heterocycles. The highest BCUT2D eigenvalue weighted by Gasteiger charge is 2.39. The lowest BCUT2D eigenvalue weighted by molar-refractivity contribution is 0.0561. The van der Waals surface area contributed by atoms with Crippen molar-refractivity contribution >= 4 is 37.6 Å². The van der Waals surface area contributed by atoms with Crippen LogP contribution in [0.1, 0.15) is 40.2 Å². The average Bonchev–Trinajstić information content (AvgIpc) is 2.59. The van der Waals surface area contributed by atoms with Crippen molar-refractivity contribution in [1.82, 2.24) is 5.32 Å². The Morgan fingerprint density at radius 2 is 1.93 bits per heavy atom. The van der Waals surface area contributed by atoms with Crippen LogP contribution in [0.5, 0.6) is 0 Å². The van der Waals surface area contributed by atoms with Gasteiger partial charge in [0, 0.05) is 17.1 Å². The molecule has 1 aromatic rings. The maximum absolute atomic E-state index is 14.3. The Morgan fingerprint density at radius 3 is 2.45 bits per heavy atom. The molecule has 2 N–H and O–H groups in total. The Balaban J connectivity index is 3.37.